The molecule has 2 aromatic carbocycles. The van der Waals surface area contributed by atoms with E-state index in [0.717, 1.165) is 52.5 Å². The van der Waals surface area contributed by atoms with E-state index in [-0.39, 0.29) is 17.8 Å². The number of nitrogens with zero attached hydrogens (tertiary/aromatic N) is 4. The third-order valence-electron chi connectivity index (χ3n) is 6.03. The van der Waals surface area contributed by atoms with Gasteiger partial charge in [-0.1, -0.05) is 74.3 Å². The Labute approximate surface area is 216 Å². The van der Waals surface area contributed by atoms with E-state index in [2.05, 4.69) is 31.7 Å². The van der Waals surface area contributed by atoms with Crippen LogP contribution in [-0.2, 0) is 5.41 Å². The van der Waals surface area contributed by atoms with Crippen molar-refractivity contribution in [2.45, 2.75) is 39.0 Å². The van der Waals surface area contributed by atoms with Crippen LogP contribution < -0.4 is 4.90 Å². The van der Waals surface area contributed by atoms with Crippen LogP contribution in [0.1, 0.15) is 39.4 Å². The summed E-state index contributed by atoms with van der Waals surface area (Å²) < 4.78 is 0. The van der Waals surface area contributed by atoms with Crippen molar-refractivity contribution in [1.82, 2.24) is 15.0 Å². The molecule has 0 amide bonds. The summed E-state index contributed by atoms with van der Waals surface area (Å²) in [5.41, 5.74) is 4.20. The van der Waals surface area contributed by atoms with Gasteiger partial charge in [0.15, 0.2) is 5.65 Å². The number of hydrogen-bond donors (Lipinski definition) is 0. The minimum absolute atomic E-state index is 0. The van der Waals surface area contributed by atoms with Gasteiger partial charge in [0.05, 0.1) is 11.1 Å². The molecule has 0 atom stereocenters. The highest BCUT2D eigenvalue weighted by molar-refractivity contribution is 6.33. The zero-order valence-corrected chi connectivity index (χ0v) is 21.8. The molecule has 4 aromatic rings. The quantitative estimate of drug-likeness (QED) is 0.278. The first-order valence-corrected chi connectivity index (χ1v) is 12.1. The van der Waals surface area contributed by atoms with Gasteiger partial charge >= 0.3 is 0 Å². The monoisotopic (exact) mass is 512 g/mol. The molecule has 7 heteroatoms. The number of rotatable bonds is 3. The maximum absolute atomic E-state index is 6.63. The molecule has 176 valence electrons. The van der Waals surface area contributed by atoms with E-state index in [4.69, 9.17) is 38.2 Å². The van der Waals surface area contributed by atoms with Crippen LogP contribution in [0.15, 0.2) is 54.6 Å². The Kier molecular flexibility index (Phi) is 7.04. The number of pyridine rings is 1. The summed E-state index contributed by atoms with van der Waals surface area (Å²) >= 11 is 12.8. The summed E-state index contributed by atoms with van der Waals surface area (Å²) in [6, 6.07) is 17.8. The molecule has 1 saturated heterocycles. The molecule has 3 heterocycles. The van der Waals surface area contributed by atoms with Gasteiger partial charge in [-0.15, -0.1) is 12.4 Å². The van der Waals surface area contributed by atoms with Crippen LogP contribution in [-0.4, -0.2) is 28.0 Å². The van der Waals surface area contributed by atoms with Gasteiger partial charge < -0.3 is 4.90 Å². The molecule has 1 aliphatic rings. The normalized spacial score (nSPS) is 13.9. The van der Waals surface area contributed by atoms with Crippen LogP contribution in [0.3, 0.4) is 0 Å². The fourth-order valence-electron chi connectivity index (χ4n) is 4.25. The van der Waals surface area contributed by atoms with Gasteiger partial charge in [-0.2, -0.15) is 0 Å². The Hall–Kier alpha value is -2.40. The lowest BCUT2D eigenvalue weighted by atomic mass is 9.95. The van der Waals surface area contributed by atoms with E-state index < -0.39 is 0 Å². The summed E-state index contributed by atoms with van der Waals surface area (Å²) in [4.78, 5) is 17.5. The van der Waals surface area contributed by atoms with E-state index >= 15 is 0 Å². The number of aromatic nitrogens is 3. The third-order valence-corrected chi connectivity index (χ3v) is 6.61. The molecule has 34 heavy (non-hydrogen) atoms. The van der Waals surface area contributed by atoms with Crippen molar-refractivity contribution >= 4 is 52.5 Å². The highest BCUT2D eigenvalue weighted by Gasteiger charge is 2.25. The van der Waals surface area contributed by atoms with Crippen molar-refractivity contribution in [1.29, 1.82) is 0 Å². The Morgan fingerprint density at radius 3 is 2.15 bits per heavy atom. The lowest BCUT2D eigenvalue weighted by molar-refractivity contribution is 0.547. The zero-order chi connectivity index (χ0) is 23.2. The topological polar surface area (TPSA) is 41.9 Å². The molecule has 0 aliphatic carbocycles. The lowest BCUT2D eigenvalue weighted by Crippen LogP contribution is -2.23. The summed E-state index contributed by atoms with van der Waals surface area (Å²) in [6.45, 7) is 8.41. The third kappa shape index (κ3) is 4.72. The summed E-state index contributed by atoms with van der Waals surface area (Å²) in [7, 11) is 0. The van der Waals surface area contributed by atoms with Gasteiger partial charge in [0.2, 0.25) is 0 Å². The second-order valence-electron chi connectivity index (χ2n) is 9.56. The van der Waals surface area contributed by atoms with Crippen molar-refractivity contribution in [2.24, 2.45) is 0 Å². The second-order valence-corrected chi connectivity index (χ2v) is 10.4. The number of anilines is 1. The molecule has 0 radical (unpaired) electrons. The van der Waals surface area contributed by atoms with Gasteiger partial charge in [-0.3, -0.25) is 0 Å². The number of benzene rings is 2. The van der Waals surface area contributed by atoms with E-state index in [1.54, 1.807) is 0 Å². The van der Waals surface area contributed by atoms with Crippen molar-refractivity contribution in [3.8, 4) is 22.4 Å². The molecule has 5 rings (SSSR count). The van der Waals surface area contributed by atoms with Crippen molar-refractivity contribution in [3.05, 3.63) is 70.5 Å². The largest absolute Gasteiger partial charge is 0.356 e. The summed E-state index contributed by atoms with van der Waals surface area (Å²) in [6.07, 6.45) is 2.34. The molecule has 2 aromatic heterocycles. The van der Waals surface area contributed by atoms with Crippen LogP contribution in [0.25, 0.3) is 33.4 Å². The van der Waals surface area contributed by atoms with Crippen LogP contribution in [0.4, 0.5) is 5.82 Å². The molecule has 0 N–H and O–H groups in total. The SMILES string of the molecule is CC(C)(C)c1nc(N2CCCC2)c2cc(-c3ccc(Cl)cc3)c(-c3ccccc3Cl)nc2n1.Cl. The van der Waals surface area contributed by atoms with Crippen LogP contribution in [0.2, 0.25) is 10.0 Å². The van der Waals surface area contributed by atoms with Gasteiger partial charge in [-0.25, -0.2) is 15.0 Å². The minimum Gasteiger partial charge on any atom is -0.356 e. The Morgan fingerprint density at radius 2 is 1.50 bits per heavy atom. The molecule has 0 spiro atoms. The molecule has 4 nitrogen and oxygen atoms in total. The molecule has 0 saturated carbocycles. The smallest absolute Gasteiger partial charge is 0.165 e. The first-order valence-electron chi connectivity index (χ1n) is 11.3. The molecular formula is C27H27Cl3N4. The molecule has 1 fully saturated rings. The highest BCUT2D eigenvalue weighted by Crippen LogP contribution is 2.39. The number of halogens is 3. The standard InChI is InChI=1S/C27H26Cl2N4.ClH/c1-27(2,3)26-31-24-21(25(32-26)33-14-6-7-15-33)16-20(17-10-12-18(28)13-11-17)23(30-24)19-8-4-5-9-22(19)29;/h4-5,8-13,16H,6-7,14-15H2,1-3H3;1H. The van der Waals surface area contributed by atoms with Gasteiger partial charge in [-0.05, 0) is 42.7 Å². The Balaban J connectivity index is 0.00000274. The summed E-state index contributed by atoms with van der Waals surface area (Å²) in [5.74, 6) is 1.77. The van der Waals surface area contributed by atoms with Gasteiger partial charge in [0.1, 0.15) is 11.6 Å². The first-order chi connectivity index (χ1) is 15.8. The average molecular weight is 514 g/mol. The van der Waals surface area contributed by atoms with Gasteiger partial charge in [0, 0.05) is 39.7 Å². The Bertz CT molecular complexity index is 1320. The molecule has 0 bridgehead atoms. The van der Waals surface area contributed by atoms with Crippen molar-refractivity contribution < 1.29 is 0 Å². The predicted molar refractivity (Wildman–Crippen MR) is 146 cm³/mol. The van der Waals surface area contributed by atoms with E-state index in [1.165, 1.54) is 12.8 Å². The lowest BCUT2D eigenvalue weighted by Gasteiger charge is -2.24. The van der Waals surface area contributed by atoms with Crippen LogP contribution in [0, 0.1) is 0 Å². The van der Waals surface area contributed by atoms with Crippen LogP contribution >= 0.6 is 35.6 Å². The highest BCUT2D eigenvalue weighted by atomic mass is 35.5. The molecule has 0 unspecified atom stereocenters. The number of hydrogen-bond acceptors (Lipinski definition) is 4. The van der Waals surface area contributed by atoms with Gasteiger partial charge in [0.25, 0.3) is 0 Å². The van der Waals surface area contributed by atoms with E-state index in [1.807, 2.05) is 48.5 Å². The zero-order valence-electron chi connectivity index (χ0n) is 19.5. The van der Waals surface area contributed by atoms with E-state index in [0.29, 0.717) is 15.7 Å². The number of fused-ring (bicyclic) bond motifs is 1. The predicted octanol–water partition coefficient (Wildman–Crippen LogP) is 7.99. The van der Waals surface area contributed by atoms with E-state index in [9.17, 15) is 0 Å². The first kappa shape index (κ1) is 24.7. The average Bonchev–Trinajstić information content (AvgIpc) is 3.32. The van der Waals surface area contributed by atoms with Crippen molar-refractivity contribution in [2.75, 3.05) is 18.0 Å². The Morgan fingerprint density at radius 1 is 0.824 bits per heavy atom. The van der Waals surface area contributed by atoms with Crippen LogP contribution in [0.5, 0.6) is 0 Å². The molecular weight excluding hydrogens is 487 g/mol. The fraction of sp³-hybridized carbons (Fsp3) is 0.296. The molecule has 1 aliphatic heterocycles. The minimum atomic E-state index is -0.191. The maximum Gasteiger partial charge on any atom is 0.165 e. The maximum atomic E-state index is 6.63. The summed E-state index contributed by atoms with van der Waals surface area (Å²) in [5, 5.41) is 2.32. The van der Waals surface area contributed by atoms with Crippen molar-refractivity contribution in [3.63, 3.8) is 0 Å². The second kappa shape index (κ2) is 9.69. The fourth-order valence-corrected chi connectivity index (χ4v) is 4.60.